The fourth-order valence-electron chi connectivity index (χ4n) is 3.48. The summed E-state index contributed by atoms with van der Waals surface area (Å²) < 4.78 is 0. The van der Waals surface area contributed by atoms with Gasteiger partial charge >= 0.3 is 0 Å². The van der Waals surface area contributed by atoms with Gasteiger partial charge in [-0.25, -0.2) is 0 Å². The predicted molar refractivity (Wildman–Crippen MR) is 102 cm³/mol. The predicted octanol–water partition coefficient (Wildman–Crippen LogP) is 2.67. The molecule has 2 rings (SSSR count). The maximum Gasteiger partial charge on any atom is 0.0647 e. The lowest BCUT2D eigenvalue weighted by Crippen LogP contribution is -2.37. The summed E-state index contributed by atoms with van der Waals surface area (Å²) in [6.45, 7) is 8.36. The van der Waals surface area contributed by atoms with E-state index < -0.39 is 0 Å². The number of likely N-dealkylation sites (tertiary alicyclic amines) is 1. The number of benzene rings is 1. The first-order valence-electron chi connectivity index (χ1n) is 8.86. The van der Waals surface area contributed by atoms with Crippen molar-refractivity contribution < 1.29 is 0 Å². The molecule has 1 fully saturated rings. The molecule has 1 atom stereocenters. The van der Waals surface area contributed by atoms with Crippen LogP contribution in [-0.4, -0.2) is 38.8 Å². The molecule has 4 heteroatoms. The summed E-state index contributed by atoms with van der Waals surface area (Å²) in [5.41, 5.74) is 2.71. The lowest BCUT2D eigenvalue weighted by molar-refractivity contribution is 0.263. The van der Waals surface area contributed by atoms with Gasteiger partial charge in [0.1, 0.15) is 0 Å². The van der Waals surface area contributed by atoms with Crippen LogP contribution in [0.25, 0.3) is 0 Å². The molecular formula is C20H32N4. The molecule has 24 heavy (non-hydrogen) atoms. The van der Waals surface area contributed by atoms with Gasteiger partial charge in [0.15, 0.2) is 0 Å². The first kappa shape index (κ1) is 18.6. The zero-order valence-corrected chi connectivity index (χ0v) is 15.1. The number of hydrogen-bond acceptors (Lipinski definition) is 4. The summed E-state index contributed by atoms with van der Waals surface area (Å²) >= 11 is 0. The maximum atomic E-state index is 4.37. The normalized spacial score (nSPS) is 21.2. The van der Waals surface area contributed by atoms with Crippen LogP contribution in [0.2, 0.25) is 0 Å². The number of rotatable bonds is 10. The van der Waals surface area contributed by atoms with E-state index in [0.717, 1.165) is 39.1 Å². The molecule has 0 spiro atoms. The Labute approximate surface area is 147 Å². The first-order valence-corrected chi connectivity index (χ1v) is 8.86. The third kappa shape index (κ3) is 5.11. The molecule has 1 heterocycles. The van der Waals surface area contributed by atoms with Crippen molar-refractivity contribution in [2.45, 2.75) is 25.8 Å². The van der Waals surface area contributed by atoms with E-state index in [1.807, 2.05) is 20.3 Å². The van der Waals surface area contributed by atoms with Crippen LogP contribution in [0.15, 0.2) is 54.9 Å². The highest BCUT2D eigenvalue weighted by atomic mass is 15.2. The van der Waals surface area contributed by atoms with Crippen LogP contribution in [0, 0.1) is 5.41 Å². The van der Waals surface area contributed by atoms with E-state index in [1.54, 1.807) is 0 Å². The monoisotopic (exact) mass is 328 g/mol. The molecule has 3 N–H and O–H groups in total. The van der Waals surface area contributed by atoms with Crippen molar-refractivity contribution in [1.29, 1.82) is 0 Å². The minimum Gasteiger partial charge on any atom is -0.394 e. The minimum atomic E-state index is 0.156. The highest BCUT2D eigenvalue weighted by Gasteiger charge is 2.39. The van der Waals surface area contributed by atoms with Crippen LogP contribution in [0.3, 0.4) is 0 Å². The van der Waals surface area contributed by atoms with E-state index in [4.69, 9.17) is 0 Å². The number of hydrogen-bond donors (Lipinski definition) is 3. The Balaban J connectivity index is 2.00. The number of nitrogens with one attached hydrogen (secondary N) is 3. The van der Waals surface area contributed by atoms with Crippen LogP contribution in [0.4, 0.5) is 0 Å². The number of allylic oxidation sites excluding steroid dienone is 1. The third-order valence-corrected chi connectivity index (χ3v) is 4.87. The number of nitrogens with zero attached hydrogens (tertiary/aromatic N) is 1. The lowest BCUT2D eigenvalue weighted by atomic mass is 9.79. The second-order valence-corrected chi connectivity index (χ2v) is 6.64. The van der Waals surface area contributed by atoms with E-state index in [1.165, 1.54) is 17.7 Å². The smallest absolute Gasteiger partial charge is 0.0647 e. The van der Waals surface area contributed by atoms with Gasteiger partial charge in [0.2, 0.25) is 0 Å². The van der Waals surface area contributed by atoms with E-state index in [2.05, 4.69) is 63.8 Å². The highest BCUT2D eigenvalue weighted by Crippen LogP contribution is 2.40. The van der Waals surface area contributed by atoms with Gasteiger partial charge in [0.25, 0.3) is 0 Å². The van der Waals surface area contributed by atoms with Gasteiger partial charge in [-0.05, 0) is 44.6 Å². The van der Waals surface area contributed by atoms with Gasteiger partial charge in [-0.15, -0.1) is 0 Å². The zero-order valence-electron chi connectivity index (χ0n) is 15.1. The molecule has 1 aromatic rings. The summed E-state index contributed by atoms with van der Waals surface area (Å²) in [5.74, 6) is 0. The SMILES string of the molecule is C=C(NCNC)C1(CC/C=C\NC)CCN(Cc2ccccc2)C1. The molecule has 1 aromatic carbocycles. The Kier molecular flexibility index (Phi) is 7.35. The molecule has 0 bridgehead atoms. The average Bonchev–Trinajstić information content (AvgIpc) is 3.02. The molecule has 4 nitrogen and oxygen atoms in total. The molecule has 1 aliphatic heterocycles. The topological polar surface area (TPSA) is 39.3 Å². The molecule has 1 saturated heterocycles. The van der Waals surface area contributed by atoms with Gasteiger partial charge in [-0.2, -0.15) is 0 Å². The van der Waals surface area contributed by atoms with Crippen molar-refractivity contribution in [3.05, 3.63) is 60.4 Å². The van der Waals surface area contributed by atoms with Gasteiger partial charge in [0.05, 0.1) is 6.67 Å². The van der Waals surface area contributed by atoms with E-state index >= 15 is 0 Å². The molecule has 0 saturated carbocycles. The van der Waals surface area contributed by atoms with Crippen LogP contribution in [0.5, 0.6) is 0 Å². The minimum absolute atomic E-state index is 0.156. The van der Waals surface area contributed by atoms with Crippen LogP contribution >= 0.6 is 0 Å². The standard InChI is InChI=1S/C20H32N4/c1-18(23-17-22-3)20(11-7-8-13-21-2)12-14-24(16-20)15-19-9-5-4-6-10-19/h4-6,8-10,13,21-23H,1,7,11-12,14-17H2,2-3H3/b13-8-. The quantitative estimate of drug-likeness (QED) is 0.578. The fourth-order valence-corrected chi connectivity index (χ4v) is 3.48. The van der Waals surface area contributed by atoms with Crippen LogP contribution < -0.4 is 16.0 Å². The summed E-state index contributed by atoms with van der Waals surface area (Å²) in [4.78, 5) is 2.56. The lowest BCUT2D eigenvalue weighted by Gasteiger charge is -2.32. The largest absolute Gasteiger partial charge is 0.394 e. The first-order chi connectivity index (χ1) is 11.7. The highest BCUT2D eigenvalue weighted by molar-refractivity contribution is 5.17. The molecule has 0 radical (unpaired) electrons. The van der Waals surface area contributed by atoms with Crippen molar-refractivity contribution in [3.8, 4) is 0 Å². The Morgan fingerprint density at radius 3 is 2.79 bits per heavy atom. The second-order valence-electron chi connectivity index (χ2n) is 6.64. The van der Waals surface area contributed by atoms with Crippen molar-refractivity contribution in [1.82, 2.24) is 20.9 Å². The van der Waals surface area contributed by atoms with Crippen molar-refractivity contribution in [2.75, 3.05) is 33.9 Å². The van der Waals surface area contributed by atoms with Crippen LogP contribution in [-0.2, 0) is 6.54 Å². The molecule has 1 unspecified atom stereocenters. The molecule has 0 amide bonds. The zero-order chi connectivity index (χ0) is 17.3. The Morgan fingerprint density at radius 2 is 2.08 bits per heavy atom. The van der Waals surface area contributed by atoms with Gasteiger partial charge in [-0.1, -0.05) is 43.0 Å². The Morgan fingerprint density at radius 1 is 1.29 bits per heavy atom. The molecule has 1 aliphatic rings. The van der Waals surface area contributed by atoms with Gasteiger partial charge in [-0.3, -0.25) is 4.90 Å². The van der Waals surface area contributed by atoms with E-state index in [9.17, 15) is 0 Å². The molecule has 0 aromatic heterocycles. The second kappa shape index (κ2) is 9.50. The molecule has 0 aliphatic carbocycles. The van der Waals surface area contributed by atoms with E-state index in [-0.39, 0.29) is 5.41 Å². The molecular weight excluding hydrogens is 296 g/mol. The average molecular weight is 329 g/mol. The third-order valence-electron chi connectivity index (χ3n) is 4.87. The Bertz CT molecular complexity index is 526. The molecule has 132 valence electrons. The van der Waals surface area contributed by atoms with Crippen molar-refractivity contribution >= 4 is 0 Å². The van der Waals surface area contributed by atoms with E-state index in [0.29, 0.717) is 0 Å². The van der Waals surface area contributed by atoms with Crippen molar-refractivity contribution in [3.63, 3.8) is 0 Å². The maximum absolute atomic E-state index is 4.37. The summed E-state index contributed by atoms with van der Waals surface area (Å²) in [6.07, 6.45) is 7.61. The fraction of sp³-hybridized carbons (Fsp3) is 0.500. The van der Waals surface area contributed by atoms with Gasteiger partial charge < -0.3 is 16.0 Å². The summed E-state index contributed by atoms with van der Waals surface area (Å²) in [6, 6.07) is 10.7. The van der Waals surface area contributed by atoms with Gasteiger partial charge in [0, 0.05) is 31.2 Å². The van der Waals surface area contributed by atoms with Crippen LogP contribution in [0.1, 0.15) is 24.8 Å². The Hall–Kier alpha value is -1.78. The van der Waals surface area contributed by atoms with Crippen molar-refractivity contribution in [2.24, 2.45) is 5.41 Å². The summed E-state index contributed by atoms with van der Waals surface area (Å²) in [7, 11) is 3.90. The summed E-state index contributed by atoms with van der Waals surface area (Å²) in [5, 5.41) is 9.70.